The van der Waals surface area contributed by atoms with E-state index >= 15 is 0 Å². The molecular formula is C56H70Na2O14S4. The number of phenols is 2. The molecule has 0 amide bonds. The Morgan fingerprint density at radius 2 is 0.882 bits per heavy atom. The Hall–Kier alpha value is -3.30. The van der Waals surface area contributed by atoms with Gasteiger partial charge in [-0.1, -0.05) is 64.8 Å². The van der Waals surface area contributed by atoms with Gasteiger partial charge in [-0.25, -0.2) is 0 Å². The fourth-order valence-corrected chi connectivity index (χ4v) is 12.2. The van der Waals surface area contributed by atoms with Crippen LogP contribution in [0.5, 0.6) is 23.0 Å². The number of carbonyl (C=O) groups is 6. The molecule has 4 aromatic rings. The predicted molar refractivity (Wildman–Crippen MR) is 291 cm³/mol. The molecule has 4 atom stereocenters. The molecular weight excluding hydrogens is 1070 g/mol. The van der Waals surface area contributed by atoms with Crippen molar-refractivity contribution in [3.8, 4) is 23.0 Å². The number of ketones is 2. The first-order valence-electron chi connectivity index (χ1n) is 24.8. The average Bonchev–Trinajstić information content (AvgIpc) is 3.33. The van der Waals surface area contributed by atoms with E-state index in [1.165, 1.54) is 37.4 Å². The van der Waals surface area contributed by atoms with E-state index in [4.69, 9.17) is 19.7 Å². The number of aromatic hydroxyl groups is 2. The monoisotopic (exact) mass is 1140 g/mol. The summed E-state index contributed by atoms with van der Waals surface area (Å²) in [6.45, 7) is 11.5. The number of rotatable bonds is 34. The van der Waals surface area contributed by atoms with Crippen LogP contribution in [-0.4, -0.2) is 92.1 Å². The average molecular weight is 1140 g/mol. The maximum absolute atomic E-state index is 11.7. The zero-order valence-corrected chi connectivity index (χ0v) is 52.3. The van der Waals surface area contributed by atoms with Crippen molar-refractivity contribution in [2.24, 2.45) is 11.8 Å². The summed E-state index contributed by atoms with van der Waals surface area (Å²) in [6.07, 6.45) is 4.33. The van der Waals surface area contributed by atoms with Gasteiger partial charge >= 0.3 is 71.1 Å². The van der Waals surface area contributed by atoms with Gasteiger partial charge in [0.25, 0.3) is 0 Å². The maximum atomic E-state index is 11.7. The summed E-state index contributed by atoms with van der Waals surface area (Å²) in [6, 6.07) is 22.6. The van der Waals surface area contributed by atoms with Crippen LogP contribution in [0.25, 0.3) is 0 Å². The van der Waals surface area contributed by atoms with Crippen molar-refractivity contribution < 1.29 is 128 Å². The Balaban J connectivity index is 0.000000741. The minimum atomic E-state index is -1.11. The van der Waals surface area contributed by atoms with Crippen molar-refractivity contribution in [2.75, 3.05) is 36.2 Å². The van der Waals surface area contributed by atoms with Crippen LogP contribution in [0, 0.1) is 11.8 Å². The Kier molecular flexibility index (Phi) is 35.7. The summed E-state index contributed by atoms with van der Waals surface area (Å²) in [7, 11) is 0. The van der Waals surface area contributed by atoms with Crippen LogP contribution in [-0.2, 0) is 32.0 Å². The second-order valence-electron chi connectivity index (χ2n) is 17.7. The number of carbonyl (C=O) groups excluding carboxylic acids is 4. The van der Waals surface area contributed by atoms with E-state index in [1.54, 1.807) is 47.8 Å². The molecule has 4 N–H and O–H groups in total. The maximum Gasteiger partial charge on any atom is 1.00 e. The predicted octanol–water partition coefficient (Wildman–Crippen LogP) is 4.28. The number of carboxylic acids is 4. The molecule has 0 saturated heterocycles. The summed E-state index contributed by atoms with van der Waals surface area (Å²) in [4.78, 5) is 69.5. The summed E-state index contributed by atoms with van der Waals surface area (Å²) in [5.41, 5.74) is 3.89. The molecule has 0 fully saturated rings. The third-order valence-electron chi connectivity index (χ3n) is 11.5. The SMILES string of the molecule is CCCc1c(OCCCSc2ccc(C(SCCC(=O)O)C(C)CC(=O)[O-])cc2)ccc(C(C)=O)c1O.CCCc1c(OCCCSc2ccc(C(SCCC(=O)O)C(C)CC(=O)[O-])cc2)ccc(C(C)=O)c1O.[Na+].[Na+]. The first-order valence-corrected chi connectivity index (χ1v) is 28.8. The van der Waals surface area contributed by atoms with Gasteiger partial charge in [0.05, 0.1) is 37.2 Å². The fraction of sp³-hybridized carbons (Fsp3) is 0.464. The summed E-state index contributed by atoms with van der Waals surface area (Å²) in [5, 5.41) is 60.7. The molecule has 4 aromatic carbocycles. The van der Waals surface area contributed by atoms with Gasteiger partial charge in [-0.2, -0.15) is 23.5 Å². The van der Waals surface area contributed by atoms with Crippen LogP contribution in [0.3, 0.4) is 0 Å². The van der Waals surface area contributed by atoms with Crippen molar-refractivity contribution in [1.82, 2.24) is 0 Å². The van der Waals surface area contributed by atoms with Crippen molar-refractivity contribution >= 4 is 82.5 Å². The number of ether oxygens (including phenoxy) is 2. The van der Waals surface area contributed by atoms with Crippen LogP contribution in [0.1, 0.15) is 146 Å². The number of thioether (sulfide) groups is 4. The van der Waals surface area contributed by atoms with Crippen LogP contribution in [0.15, 0.2) is 82.6 Å². The summed E-state index contributed by atoms with van der Waals surface area (Å²) in [5.74, 6) is -1.04. The molecule has 0 aliphatic carbocycles. The number of aliphatic carboxylic acids is 4. The summed E-state index contributed by atoms with van der Waals surface area (Å²) >= 11 is 6.27. The van der Waals surface area contributed by atoms with E-state index < -0.39 is 23.9 Å². The number of benzene rings is 4. The number of phenolic OH excluding ortho intramolecular Hbond substituents is 2. The minimum absolute atomic E-state index is 0. The first kappa shape index (κ1) is 70.7. The molecule has 0 heterocycles. The molecule has 0 aliphatic rings. The number of carboxylic acid groups (broad SMARTS) is 4. The fourth-order valence-electron chi connectivity index (χ4n) is 7.89. The molecule has 14 nitrogen and oxygen atoms in total. The molecule has 0 aliphatic heterocycles. The van der Waals surface area contributed by atoms with E-state index in [1.807, 2.05) is 76.2 Å². The Labute approximate surface area is 509 Å². The molecule has 0 spiro atoms. The van der Waals surface area contributed by atoms with Crippen molar-refractivity contribution in [3.63, 3.8) is 0 Å². The third-order valence-corrected chi connectivity index (χ3v) is 16.8. The van der Waals surface area contributed by atoms with Gasteiger partial charge < -0.3 is 49.7 Å². The van der Waals surface area contributed by atoms with Gasteiger partial charge in [-0.05, 0) is 124 Å². The Bertz CT molecular complexity index is 2290. The minimum Gasteiger partial charge on any atom is -0.550 e. The van der Waals surface area contributed by atoms with Gasteiger partial charge in [-0.3, -0.25) is 19.2 Å². The summed E-state index contributed by atoms with van der Waals surface area (Å²) < 4.78 is 11.8. The van der Waals surface area contributed by atoms with Crippen LogP contribution in [0.2, 0.25) is 0 Å². The molecule has 4 unspecified atom stereocenters. The van der Waals surface area contributed by atoms with Crippen molar-refractivity contribution in [3.05, 3.63) is 106 Å². The normalized spacial score (nSPS) is 12.3. The molecule has 0 saturated carbocycles. The standard InChI is InChI=1S/2C28H36O7S2.2Na/c2*1-4-6-23-24(12-11-22(19(3)29)27(23)34)35-14-5-15-36-21-9-7-20(8-10-21)28(18(2)17-26(32)33)37-16-13-25(30)31;;/h2*7-12,18,28,34H,4-6,13-17H2,1-3H3,(H,30,31)(H,32,33);;/q;;2*+1/p-2. The number of hydrogen-bond acceptors (Lipinski definition) is 16. The molecule has 76 heavy (non-hydrogen) atoms. The van der Waals surface area contributed by atoms with Gasteiger partial charge in [0.1, 0.15) is 23.0 Å². The van der Waals surface area contributed by atoms with E-state index in [9.17, 15) is 49.2 Å². The second kappa shape index (κ2) is 38.3. The van der Waals surface area contributed by atoms with Crippen LogP contribution >= 0.6 is 47.0 Å². The number of Topliss-reactive ketones (excluding diaryl/α,β-unsaturated/α-hetero) is 2. The van der Waals surface area contributed by atoms with E-state index in [0.717, 1.165) is 58.1 Å². The van der Waals surface area contributed by atoms with Gasteiger partial charge in [0, 0.05) is 66.4 Å². The van der Waals surface area contributed by atoms with Crippen LogP contribution in [0.4, 0.5) is 0 Å². The van der Waals surface area contributed by atoms with Gasteiger partial charge in [-0.15, -0.1) is 23.5 Å². The Morgan fingerprint density at radius 3 is 1.17 bits per heavy atom. The first-order chi connectivity index (χ1) is 35.3. The molecule has 4 rings (SSSR count). The van der Waals surface area contributed by atoms with Crippen molar-refractivity contribution in [2.45, 2.75) is 126 Å². The third kappa shape index (κ3) is 25.2. The van der Waals surface area contributed by atoms with Crippen LogP contribution < -0.4 is 78.8 Å². The molecule has 0 aromatic heterocycles. The topological polar surface area (TPSA) is 248 Å². The zero-order chi connectivity index (χ0) is 54.7. The molecule has 20 heteroatoms. The van der Waals surface area contributed by atoms with Gasteiger partial charge in [0.2, 0.25) is 0 Å². The molecule has 0 bridgehead atoms. The van der Waals surface area contributed by atoms with E-state index in [2.05, 4.69) is 0 Å². The zero-order valence-electron chi connectivity index (χ0n) is 45.1. The largest absolute Gasteiger partial charge is 1.00 e. The molecule has 0 radical (unpaired) electrons. The van der Waals surface area contributed by atoms with E-state index in [-0.39, 0.29) is 130 Å². The van der Waals surface area contributed by atoms with E-state index in [0.29, 0.717) is 71.3 Å². The molecule has 404 valence electrons. The number of hydrogen-bond donors (Lipinski definition) is 4. The Morgan fingerprint density at radius 1 is 0.539 bits per heavy atom. The quantitative estimate of drug-likeness (QED) is 0.0221. The second-order valence-corrected chi connectivity index (χ2v) is 22.5. The van der Waals surface area contributed by atoms with Gasteiger partial charge in [0.15, 0.2) is 11.6 Å². The van der Waals surface area contributed by atoms with Crippen molar-refractivity contribution in [1.29, 1.82) is 0 Å². The smallest absolute Gasteiger partial charge is 0.550 e.